The standard InChI is InChI=1S/C21H31NO6.Na/c1-4-7-9-11-13-18(23)22(19(24)14-12-10-8-5-2)17(21(26)27)16-20(25)28-15-6-3;/h6,11-14,17H,3-5,7-10,15-16H2,1-2H3,(H,26,27);/q;+1/p-1/b13-11+,14-12+;. The molecule has 0 aliphatic rings. The molecule has 156 valence electrons. The van der Waals surface area contributed by atoms with Gasteiger partial charge in [-0.05, 0) is 25.0 Å². The molecule has 0 fully saturated rings. The Bertz CT molecular complexity index is 570. The number of rotatable bonds is 14. The number of carbonyl (C=O) groups is 4. The van der Waals surface area contributed by atoms with Gasteiger partial charge in [0.2, 0.25) is 0 Å². The Hall–Kier alpha value is -1.70. The van der Waals surface area contributed by atoms with Crippen molar-refractivity contribution >= 4 is 23.8 Å². The number of aliphatic carboxylic acids is 1. The number of imide groups is 1. The van der Waals surface area contributed by atoms with Crippen LogP contribution in [0, 0.1) is 0 Å². The molecular formula is C21H30NNaO6. The van der Waals surface area contributed by atoms with Gasteiger partial charge in [-0.2, -0.15) is 0 Å². The monoisotopic (exact) mass is 415 g/mol. The van der Waals surface area contributed by atoms with Crippen LogP contribution in [0.4, 0.5) is 0 Å². The van der Waals surface area contributed by atoms with Crippen LogP contribution in [0.5, 0.6) is 0 Å². The van der Waals surface area contributed by atoms with Crippen molar-refractivity contribution in [1.82, 2.24) is 4.90 Å². The number of hydrogen-bond donors (Lipinski definition) is 0. The van der Waals surface area contributed by atoms with Gasteiger partial charge in [-0.25, -0.2) is 0 Å². The molecular weight excluding hydrogens is 385 g/mol. The number of nitrogens with zero attached hydrogens (tertiary/aromatic N) is 1. The Morgan fingerprint density at radius 3 is 1.86 bits per heavy atom. The molecule has 0 aliphatic heterocycles. The molecule has 0 aliphatic carbocycles. The van der Waals surface area contributed by atoms with E-state index in [1.807, 2.05) is 13.8 Å². The predicted molar refractivity (Wildman–Crippen MR) is 104 cm³/mol. The second kappa shape index (κ2) is 18.3. The first-order valence-corrected chi connectivity index (χ1v) is 9.56. The SMILES string of the molecule is C=CCOC(=O)CC(C(=O)[O-])N(C(=O)/C=C/CCCC)C(=O)/C=C/CCCC.[Na+]. The minimum absolute atomic E-state index is 0. The summed E-state index contributed by atoms with van der Waals surface area (Å²) in [6, 6.07) is -1.76. The average molecular weight is 415 g/mol. The first-order chi connectivity index (χ1) is 13.4. The zero-order chi connectivity index (χ0) is 21.4. The summed E-state index contributed by atoms with van der Waals surface area (Å²) in [5.74, 6) is -4.20. The van der Waals surface area contributed by atoms with Crippen molar-refractivity contribution in [3.63, 3.8) is 0 Å². The van der Waals surface area contributed by atoms with Gasteiger partial charge in [0.1, 0.15) is 6.61 Å². The van der Waals surface area contributed by atoms with E-state index < -0.39 is 36.2 Å². The molecule has 7 nitrogen and oxygen atoms in total. The zero-order valence-corrected chi connectivity index (χ0v) is 19.7. The molecule has 0 radical (unpaired) electrons. The summed E-state index contributed by atoms with van der Waals surface area (Å²) >= 11 is 0. The quantitative estimate of drug-likeness (QED) is 0.119. The van der Waals surface area contributed by atoms with Crippen molar-refractivity contribution in [2.24, 2.45) is 0 Å². The molecule has 0 rings (SSSR count). The van der Waals surface area contributed by atoms with E-state index in [0.717, 1.165) is 37.8 Å². The van der Waals surface area contributed by atoms with Crippen molar-refractivity contribution < 1.29 is 58.6 Å². The van der Waals surface area contributed by atoms with Crippen LogP contribution in [0.25, 0.3) is 0 Å². The Morgan fingerprint density at radius 1 is 1.00 bits per heavy atom. The van der Waals surface area contributed by atoms with Crippen LogP contribution in [-0.2, 0) is 23.9 Å². The molecule has 0 saturated heterocycles. The molecule has 0 bridgehead atoms. The maximum Gasteiger partial charge on any atom is 1.00 e. The summed E-state index contributed by atoms with van der Waals surface area (Å²) in [4.78, 5) is 48.9. The Balaban J connectivity index is 0. The van der Waals surface area contributed by atoms with Crippen molar-refractivity contribution in [1.29, 1.82) is 0 Å². The summed E-state index contributed by atoms with van der Waals surface area (Å²) in [6.07, 6.45) is 10.9. The van der Waals surface area contributed by atoms with Gasteiger partial charge in [-0.3, -0.25) is 19.3 Å². The van der Waals surface area contributed by atoms with E-state index in [1.165, 1.54) is 6.08 Å². The molecule has 8 heteroatoms. The number of allylic oxidation sites excluding steroid dienone is 2. The van der Waals surface area contributed by atoms with Crippen molar-refractivity contribution in [2.45, 2.75) is 64.8 Å². The summed E-state index contributed by atoms with van der Waals surface area (Å²) in [7, 11) is 0. The predicted octanol–water partition coefficient (Wildman–Crippen LogP) is -0.924. The van der Waals surface area contributed by atoms with Crippen LogP contribution in [0.1, 0.15) is 58.8 Å². The van der Waals surface area contributed by atoms with Gasteiger partial charge in [0.25, 0.3) is 11.8 Å². The number of carbonyl (C=O) groups excluding carboxylic acids is 4. The third-order valence-electron chi connectivity index (χ3n) is 3.75. The van der Waals surface area contributed by atoms with Crippen LogP contribution >= 0.6 is 0 Å². The van der Waals surface area contributed by atoms with Crippen LogP contribution in [0.2, 0.25) is 0 Å². The third kappa shape index (κ3) is 13.2. The maximum atomic E-state index is 12.5. The van der Waals surface area contributed by atoms with Gasteiger partial charge in [0, 0.05) is 0 Å². The van der Waals surface area contributed by atoms with Gasteiger partial charge >= 0.3 is 35.5 Å². The van der Waals surface area contributed by atoms with Gasteiger partial charge in [-0.1, -0.05) is 64.3 Å². The topological polar surface area (TPSA) is 104 Å². The summed E-state index contributed by atoms with van der Waals surface area (Å²) < 4.78 is 4.77. The fourth-order valence-electron chi connectivity index (χ4n) is 2.24. The van der Waals surface area contributed by atoms with Crippen molar-refractivity contribution in [2.75, 3.05) is 6.61 Å². The minimum Gasteiger partial charge on any atom is -0.548 e. The molecule has 0 spiro atoms. The third-order valence-corrected chi connectivity index (χ3v) is 3.75. The van der Waals surface area contributed by atoms with E-state index in [0.29, 0.717) is 17.7 Å². The van der Waals surface area contributed by atoms with Gasteiger partial charge in [0.05, 0.1) is 18.4 Å². The number of amides is 2. The Morgan fingerprint density at radius 2 is 1.48 bits per heavy atom. The normalized spacial score (nSPS) is 11.7. The number of hydrogen-bond acceptors (Lipinski definition) is 6. The fourth-order valence-corrected chi connectivity index (χ4v) is 2.24. The van der Waals surface area contributed by atoms with Crippen molar-refractivity contribution in [3.8, 4) is 0 Å². The van der Waals surface area contributed by atoms with Crippen LogP contribution < -0.4 is 34.7 Å². The Labute approximate surface area is 195 Å². The first-order valence-electron chi connectivity index (χ1n) is 9.56. The largest absolute Gasteiger partial charge is 1.00 e. The van der Waals surface area contributed by atoms with E-state index in [9.17, 15) is 24.3 Å². The number of ether oxygens (including phenoxy) is 1. The summed E-state index contributed by atoms with van der Waals surface area (Å²) in [5.41, 5.74) is 0. The van der Waals surface area contributed by atoms with Gasteiger partial charge in [0.15, 0.2) is 0 Å². The second-order valence-corrected chi connectivity index (χ2v) is 6.15. The molecule has 0 aromatic heterocycles. The number of carboxylic acids is 1. The molecule has 29 heavy (non-hydrogen) atoms. The zero-order valence-electron chi connectivity index (χ0n) is 17.7. The molecule has 0 aromatic carbocycles. The number of carboxylic acid groups (broad SMARTS) is 1. The van der Waals surface area contributed by atoms with Crippen LogP contribution in [0.15, 0.2) is 37.0 Å². The second-order valence-electron chi connectivity index (χ2n) is 6.15. The van der Waals surface area contributed by atoms with Crippen LogP contribution in [0.3, 0.4) is 0 Å². The van der Waals surface area contributed by atoms with Gasteiger partial charge in [-0.15, -0.1) is 0 Å². The van der Waals surface area contributed by atoms with E-state index >= 15 is 0 Å². The molecule has 0 N–H and O–H groups in total. The fraction of sp³-hybridized carbons (Fsp3) is 0.524. The molecule has 2 amide bonds. The average Bonchev–Trinajstić information content (AvgIpc) is 2.66. The van der Waals surface area contributed by atoms with E-state index in [4.69, 9.17) is 4.74 Å². The van der Waals surface area contributed by atoms with Crippen LogP contribution in [-0.4, -0.2) is 41.3 Å². The smallest absolute Gasteiger partial charge is 0.548 e. The number of esters is 1. The van der Waals surface area contributed by atoms with Crippen molar-refractivity contribution in [3.05, 3.63) is 37.0 Å². The number of unbranched alkanes of at least 4 members (excludes halogenated alkanes) is 4. The van der Waals surface area contributed by atoms with E-state index in [2.05, 4.69) is 6.58 Å². The summed E-state index contributed by atoms with van der Waals surface area (Å²) in [6.45, 7) is 7.28. The first kappa shape index (κ1) is 29.5. The van der Waals surface area contributed by atoms with E-state index in [1.54, 1.807) is 12.2 Å². The Kier molecular flexibility index (Phi) is 18.7. The summed E-state index contributed by atoms with van der Waals surface area (Å²) in [5, 5.41) is 11.6. The van der Waals surface area contributed by atoms with E-state index in [-0.39, 0.29) is 36.2 Å². The molecule has 0 saturated carbocycles. The maximum absolute atomic E-state index is 12.5. The minimum atomic E-state index is -1.76. The molecule has 0 heterocycles. The molecule has 1 unspecified atom stereocenters. The van der Waals surface area contributed by atoms with Gasteiger partial charge < -0.3 is 14.6 Å². The molecule has 0 aromatic rings. The molecule has 1 atom stereocenters.